The number of nitrogens with two attached hydrogens (primary N) is 1. The molecule has 0 saturated heterocycles. The summed E-state index contributed by atoms with van der Waals surface area (Å²) in [5.41, 5.74) is 6.58. The zero-order chi connectivity index (χ0) is 14.5. The molecule has 0 radical (unpaired) electrons. The minimum Gasteiger partial charge on any atom is -0.351 e. The van der Waals surface area contributed by atoms with Crippen LogP contribution in [-0.2, 0) is 21.2 Å². The third kappa shape index (κ3) is 6.70. The first-order valence-electron chi connectivity index (χ1n) is 5.73. The maximum Gasteiger partial charge on any atom is 0.237 e. The number of halogens is 1. The van der Waals surface area contributed by atoms with Crippen LogP contribution in [0.2, 0.25) is 0 Å². The second kappa shape index (κ2) is 7.02. The van der Waals surface area contributed by atoms with Crippen LogP contribution >= 0.6 is 15.9 Å². The van der Waals surface area contributed by atoms with Crippen LogP contribution in [0.5, 0.6) is 0 Å². The fraction of sp³-hybridized carbons (Fsp3) is 0.417. The minimum absolute atomic E-state index is 0.0848. The van der Waals surface area contributed by atoms with Gasteiger partial charge in [0.1, 0.15) is 9.84 Å². The first-order valence-corrected chi connectivity index (χ1v) is 8.59. The van der Waals surface area contributed by atoms with E-state index in [0.717, 1.165) is 16.3 Å². The highest BCUT2D eigenvalue weighted by atomic mass is 79.9. The molecule has 7 heteroatoms. The van der Waals surface area contributed by atoms with E-state index in [2.05, 4.69) is 21.2 Å². The molecular weight excluding hydrogens is 332 g/mol. The number of sulfone groups is 1. The monoisotopic (exact) mass is 348 g/mol. The van der Waals surface area contributed by atoms with Gasteiger partial charge in [0.05, 0.1) is 11.8 Å². The zero-order valence-electron chi connectivity index (χ0n) is 10.6. The predicted octanol–water partition coefficient (Wildman–Crippen LogP) is 0.827. The lowest BCUT2D eigenvalue weighted by Crippen LogP contribution is -2.41. The molecule has 106 valence electrons. The Hall–Kier alpha value is -0.920. The van der Waals surface area contributed by atoms with Gasteiger partial charge in [-0.15, -0.1) is 0 Å². The highest BCUT2D eigenvalue weighted by Gasteiger charge is 2.15. The van der Waals surface area contributed by atoms with E-state index in [1.54, 1.807) is 0 Å². The van der Waals surface area contributed by atoms with Gasteiger partial charge in [-0.2, -0.15) is 0 Å². The van der Waals surface area contributed by atoms with Crippen molar-refractivity contribution in [1.82, 2.24) is 5.32 Å². The Kier molecular flexibility index (Phi) is 5.96. The maximum atomic E-state index is 11.7. The second-order valence-electron chi connectivity index (χ2n) is 4.37. The standard InChI is InChI=1S/C12H17BrN2O3S/c1-19(17,18)6-5-11(14)12(16)15-8-9-3-2-4-10(13)7-9/h2-4,7,11H,5-6,8,14H2,1H3,(H,15,16). The fourth-order valence-electron chi connectivity index (χ4n) is 1.44. The van der Waals surface area contributed by atoms with Crippen molar-refractivity contribution in [2.24, 2.45) is 5.73 Å². The second-order valence-corrected chi connectivity index (χ2v) is 7.55. The van der Waals surface area contributed by atoms with Gasteiger partial charge >= 0.3 is 0 Å². The van der Waals surface area contributed by atoms with E-state index in [-0.39, 0.29) is 18.1 Å². The Morgan fingerprint density at radius 2 is 2.16 bits per heavy atom. The maximum absolute atomic E-state index is 11.7. The highest BCUT2D eigenvalue weighted by molar-refractivity contribution is 9.10. The Morgan fingerprint density at radius 1 is 1.47 bits per heavy atom. The van der Waals surface area contributed by atoms with Gasteiger partial charge in [-0.3, -0.25) is 4.79 Å². The van der Waals surface area contributed by atoms with Gasteiger partial charge in [0.15, 0.2) is 0 Å². The van der Waals surface area contributed by atoms with Crippen molar-refractivity contribution in [1.29, 1.82) is 0 Å². The quantitative estimate of drug-likeness (QED) is 0.796. The molecule has 5 nitrogen and oxygen atoms in total. The molecule has 0 aliphatic carbocycles. The summed E-state index contributed by atoms with van der Waals surface area (Å²) in [7, 11) is -3.09. The van der Waals surface area contributed by atoms with Gasteiger partial charge in [0.25, 0.3) is 0 Å². The molecule has 0 aliphatic rings. The smallest absolute Gasteiger partial charge is 0.237 e. The average Bonchev–Trinajstić information content (AvgIpc) is 2.32. The van der Waals surface area contributed by atoms with E-state index >= 15 is 0 Å². The summed E-state index contributed by atoms with van der Waals surface area (Å²) in [5, 5.41) is 2.68. The zero-order valence-corrected chi connectivity index (χ0v) is 13.0. The molecule has 1 amide bonds. The molecule has 19 heavy (non-hydrogen) atoms. The Morgan fingerprint density at radius 3 is 2.74 bits per heavy atom. The van der Waals surface area contributed by atoms with E-state index in [4.69, 9.17) is 5.73 Å². The average molecular weight is 349 g/mol. The van der Waals surface area contributed by atoms with E-state index in [0.29, 0.717) is 6.54 Å². The lowest BCUT2D eigenvalue weighted by atomic mass is 10.2. The topological polar surface area (TPSA) is 89.3 Å². The molecule has 1 unspecified atom stereocenters. The van der Waals surface area contributed by atoms with Gasteiger partial charge in [0.2, 0.25) is 5.91 Å². The minimum atomic E-state index is -3.09. The fourth-order valence-corrected chi connectivity index (χ4v) is 2.57. The van der Waals surface area contributed by atoms with Gasteiger partial charge in [-0.05, 0) is 24.1 Å². The molecular formula is C12H17BrN2O3S. The number of hydrogen-bond acceptors (Lipinski definition) is 4. The summed E-state index contributed by atoms with van der Waals surface area (Å²) in [6.07, 6.45) is 1.25. The SMILES string of the molecule is CS(=O)(=O)CCC(N)C(=O)NCc1cccc(Br)c1. The summed E-state index contributed by atoms with van der Waals surface area (Å²) in [4.78, 5) is 11.7. The van der Waals surface area contributed by atoms with Gasteiger partial charge in [-0.25, -0.2) is 8.42 Å². The van der Waals surface area contributed by atoms with E-state index in [1.807, 2.05) is 24.3 Å². The van der Waals surface area contributed by atoms with Crippen LogP contribution in [0.15, 0.2) is 28.7 Å². The van der Waals surface area contributed by atoms with Crippen molar-refractivity contribution in [2.45, 2.75) is 19.0 Å². The molecule has 0 fully saturated rings. The number of carbonyl (C=O) groups excluding carboxylic acids is 1. The summed E-state index contributed by atoms with van der Waals surface area (Å²) < 4.78 is 22.9. The van der Waals surface area contributed by atoms with Gasteiger partial charge in [0, 0.05) is 17.3 Å². The molecule has 0 bridgehead atoms. The summed E-state index contributed by atoms with van der Waals surface area (Å²) in [5.74, 6) is -0.429. The molecule has 0 saturated carbocycles. The van der Waals surface area contributed by atoms with Crippen LogP contribution in [0, 0.1) is 0 Å². The van der Waals surface area contributed by atoms with Crippen LogP contribution in [-0.4, -0.2) is 32.4 Å². The van der Waals surface area contributed by atoms with Crippen LogP contribution < -0.4 is 11.1 Å². The van der Waals surface area contributed by atoms with Crippen LogP contribution in [0.3, 0.4) is 0 Å². The Balaban J connectivity index is 2.42. The van der Waals surface area contributed by atoms with Gasteiger partial charge in [-0.1, -0.05) is 28.1 Å². The summed E-state index contributed by atoms with van der Waals surface area (Å²) in [6, 6.07) is 6.73. The first-order chi connectivity index (χ1) is 8.78. The molecule has 0 spiro atoms. The molecule has 1 aromatic carbocycles. The molecule has 0 aliphatic heterocycles. The molecule has 0 heterocycles. The van der Waals surface area contributed by atoms with E-state index in [1.165, 1.54) is 0 Å². The van der Waals surface area contributed by atoms with Gasteiger partial charge < -0.3 is 11.1 Å². The van der Waals surface area contributed by atoms with Crippen LogP contribution in [0.1, 0.15) is 12.0 Å². The summed E-state index contributed by atoms with van der Waals surface area (Å²) >= 11 is 3.34. The van der Waals surface area contributed by atoms with Crippen molar-refractivity contribution < 1.29 is 13.2 Å². The number of benzene rings is 1. The number of hydrogen-bond donors (Lipinski definition) is 2. The van der Waals surface area contributed by atoms with Crippen LogP contribution in [0.4, 0.5) is 0 Å². The third-order valence-corrected chi connectivity index (χ3v) is 3.96. The number of nitrogens with one attached hydrogen (secondary N) is 1. The largest absolute Gasteiger partial charge is 0.351 e. The van der Waals surface area contributed by atoms with Crippen molar-refractivity contribution in [2.75, 3.05) is 12.0 Å². The lowest BCUT2D eigenvalue weighted by Gasteiger charge is -2.11. The lowest BCUT2D eigenvalue weighted by molar-refractivity contribution is -0.122. The van der Waals surface area contributed by atoms with Crippen molar-refractivity contribution in [3.63, 3.8) is 0 Å². The molecule has 1 atom stereocenters. The predicted molar refractivity (Wildman–Crippen MR) is 78.3 cm³/mol. The molecule has 1 rings (SSSR count). The number of rotatable bonds is 6. The first kappa shape index (κ1) is 16.1. The third-order valence-electron chi connectivity index (χ3n) is 2.49. The molecule has 0 aromatic heterocycles. The highest BCUT2D eigenvalue weighted by Crippen LogP contribution is 2.11. The molecule has 1 aromatic rings. The van der Waals surface area contributed by atoms with Crippen molar-refractivity contribution in [3.05, 3.63) is 34.3 Å². The number of amides is 1. The molecule has 3 N–H and O–H groups in total. The number of carbonyl (C=O) groups is 1. The van der Waals surface area contributed by atoms with E-state index in [9.17, 15) is 13.2 Å². The Bertz CT molecular complexity index is 546. The van der Waals surface area contributed by atoms with E-state index < -0.39 is 15.9 Å². The van der Waals surface area contributed by atoms with Crippen LogP contribution in [0.25, 0.3) is 0 Å². The summed E-state index contributed by atoms with van der Waals surface area (Å²) in [6.45, 7) is 0.366. The van der Waals surface area contributed by atoms with Crippen molar-refractivity contribution in [3.8, 4) is 0 Å². The Labute approximate surface area is 121 Å². The normalized spacial score (nSPS) is 13.0. The van der Waals surface area contributed by atoms with Crippen molar-refractivity contribution >= 4 is 31.7 Å².